The summed E-state index contributed by atoms with van der Waals surface area (Å²) >= 11 is 0. The second-order valence-corrected chi connectivity index (χ2v) is 6.74. The number of carbonyl (C=O) groups excluding carboxylic acids is 1. The van der Waals surface area contributed by atoms with E-state index in [1.165, 1.54) is 0 Å². The Labute approximate surface area is 126 Å². The number of rotatable bonds is 5. The van der Waals surface area contributed by atoms with Crippen LogP contribution in [0.2, 0.25) is 0 Å². The van der Waals surface area contributed by atoms with Gasteiger partial charge in [0.2, 0.25) is 0 Å². The van der Waals surface area contributed by atoms with E-state index in [0.29, 0.717) is 18.9 Å². The number of benzene rings is 1. The summed E-state index contributed by atoms with van der Waals surface area (Å²) in [5, 5.41) is 0.951. The summed E-state index contributed by atoms with van der Waals surface area (Å²) in [7, 11) is 0. The van der Waals surface area contributed by atoms with Gasteiger partial charge in [-0.05, 0) is 36.5 Å². The molecule has 3 nitrogen and oxygen atoms in total. The number of Topliss-reactive ketones (excluding diaryl/α,β-unsaturated/α-hetero) is 1. The van der Waals surface area contributed by atoms with Crippen molar-refractivity contribution in [3.8, 4) is 5.75 Å². The first-order valence-electron chi connectivity index (χ1n) is 7.60. The van der Waals surface area contributed by atoms with Crippen LogP contribution in [0.1, 0.15) is 51.4 Å². The Hall–Kier alpha value is -1.77. The molecule has 1 atom stereocenters. The van der Waals surface area contributed by atoms with Gasteiger partial charge in [-0.3, -0.25) is 4.79 Å². The summed E-state index contributed by atoms with van der Waals surface area (Å²) in [6, 6.07) is 5.84. The molecular formula is C18H25NO2. The zero-order chi connectivity index (χ0) is 15.6. The topological polar surface area (TPSA) is 42.1 Å². The number of nitrogens with one attached hydrogen (secondary N) is 1. The molecule has 0 bridgehead atoms. The van der Waals surface area contributed by atoms with Crippen LogP contribution in [0.5, 0.6) is 5.75 Å². The summed E-state index contributed by atoms with van der Waals surface area (Å²) < 4.78 is 5.53. The van der Waals surface area contributed by atoms with E-state index in [9.17, 15) is 4.79 Å². The fourth-order valence-electron chi connectivity index (χ4n) is 2.28. The van der Waals surface area contributed by atoms with E-state index in [0.717, 1.165) is 22.2 Å². The van der Waals surface area contributed by atoms with Crippen LogP contribution >= 0.6 is 0 Å². The van der Waals surface area contributed by atoms with Crippen molar-refractivity contribution in [2.45, 2.75) is 41.0 Å². The summed E-state index contributed by atoms with van der Waals surface area (Å²) in [4.78, 5) is 15.8. The molecule has 0 amide bonds. The number of aromatic nitrogens is 1. The molecule has 1 heterocycles. The molecule has 1 N–H and O–H groups in total. The average Bonchev–Trinajstić information content (AvgIpc) is 2.81. The van der Waals surface area contributed by atoms with Gasteiger partial charge in [-0.1, -0.05) is 27.7 Å². The lowest BCUT2D eigenvalue weighted by Gasteiger charge is -2.26. The first-order chi connectivity index (χ1) is 9.82. The molecule has 0 aliphatic rings. The van der Waals surface area contributed by atoms with Gasteiger partial charge in [0.05, 0.1) is 6.61 Å². The largest absolute Gasteiger partial charge is 0.494 e. The Balaban J connectivity index is 2.29. The molecule has 3 heteroatoms. The molecule has 21 heavy (non-hydrogen) atoms. The number of ether oxygens (including phenoxy) is 1. The number of hydrogen-bond acceptors (Lipinski definition) is 2. The van der Waals surface area contributed by atoms with Crippen LogP contribution in [0, 0.1) is 11.3 Å². The van der Waals surface area contributed by atoms with Crippen LogP contribution < -0.4 is 4.74 Å². The second kappa shape index (κ2) is 5.92. The summed E-state index contributed by atoms with van der Waals surface area (Å²) in [6.45, 7) is 11.2. The first-order valence-corrected chi connectivity index (χ1v) is 7.60. The summed E-state index contributed by atoms with van der Waals surface area (Å²) in [6.07, 6.45) is 2.38. The van der Waals surface area contributed by atoms with Crippen molar-refractivity contribution in [1.29, 1.82) is 0 Å². The summed E-state index contributed by atoms with van der Waals surface area (Å²) in [5.74, 6) is 1.34. The van der Waals surface area contributed by atoms with E-state index in [1.54, 1.807) is 0 Å². The molecular weight excluding hydrogens is 262 g/mol. The third-order valence-corrected chi connectivity index (χ3v) is 4.23. The molecule has 0 fully saturated rings. The highest BCUT2D eigenvalue weighted by Gasteiger charge is 2.24. The van der Waals surface area contributed by atoms with Crippen molar-refractivity contribution in [3.63, 3.8) is 0 Å². The molecule has 2 aromatic rings. The number of ketones is 1. The van der Waals surface area contributed by atoms with Gasteiger partial charge in [0.15, 0.2) is 5.78 Å². The average molecular weight is 287 g/mol. The molecule has 0 radical (unpaired) electrons. The number of hydrogen-bond donors (Lipinski definition) is 1. The first kappa shape index (κ1) is 15.6. The van der Waals surface area contributed by atoms with E-state index in [-0.39, 0.29) is 11.2 Å². The minimum absolute atomic E-state index is 0.137. The predicted octanol–water partition coefficient (Wildman–Crippen LogP) is 4.82. The van der Waals surface area contributed by atoms with Crippen LogP contribution in [-0.4, -0.2) is 17.4 Å². The maximum atomic E-state index is 12.6. The Morgan fingerprint density at radius 2 is 2.05 bits per heavy atom. The number of aromatic amines is 1. The van der Waals surface area contributed by atoms with Crippen molar-refractivity contribution in [1.82, 2.24) is 4.98 Å². The van der Waals surface area contributed by atoms with E-state index in [1.807, 2.05) is 31.3 Å². The Kier molecular flexibility index (Phi) is 4.40. The normalized spacial score (nSPS) is 13.4. The van der Waals surface area contributed by atoms with Gasteiger partial charge < -0.3 is 9.72 Å². The fourth-order valence-corrected chi connectivity index (χ4v) is 2.28. The van der Waals surface area contributed by atoms with Gasteiger partial charge >= 0.3 is 0 Å². The Morgan fingerprint density at radius 1 is 1.33 bits per heavy atom. The van der Waals surface area contributed by atoms with Gasteiger partial charge in [-0.15, -0.1) is 0 Å². The van der Waals surface area contributed by atoms with Crippen LogP contribution in [0.25, 0.3) is 10.9 Å². The Bertz CT molecular complexity index is 634. The highest BCUT2D eigenvalue weighted by Crippen LogP contribution is 2.31. The smallest absolute Gasteiger partial charge is 0.165 e. The van der Waals surface area contributed by atoms with Crippen LogP contribution in [0.3, 0.4) is 0 Å². The maximum Gasteiger partial charge on any atom is 0.165 e. The highest BCUT2D eigenvalue weighted by molar-refractivity contribution is 6.08. The van der Waals surface area contributed by atoms with Gasteiger partial charge in [0, 0.05) is 29.1 Å². The van der Waals surface area contributed by atoms with Gasteiger partial charge in [-0.25, -0.2) is 0 Å². The minimum Gasteiger partial charge on any atom is -0.494 e. The monoisotopic (exact) mass is 287 g/mol. The third kappa shape index (κ3) is 3.46. The number of fused-ring (bicyclic) bond motifs is 1. The SMILES string of the molecule is CCOc1ccc2[nH]cc(C(=O)CC(C)C(C)(C)C)c2c1. The number of H-pyrrole nitrogens is 1. The Morgan fingerprint density at radius 3 is 2.67 bits per heavy atom. The quantitative estimate of drug-likeness (QED) is 0.801. The minimum atomic E-state index is 0.137. The van der Waals surface area contributed by atoms with Crippen molar-refractivity contribution >= 4 is 16.7 Å². The van der Waals surface area contributed by atoms with Crippen molar-refractivity contribution in [3.05, 3.63) is 30.0 Å². The molecule has 1 unspecified atom stereocenters. The number of carbonyl (C=O) groups is 1. The molecule has 0 aliphatic heterocycles. The molecule has 2 rings (SSSR count). The fraction of sp³-hybridized carbons (Fsp3) is 0.500. The zero-order valence-corrected chi connectivity index (χ0v) is 13.6. The van der Waals surface area contributed by atoms with Gasteiger partial charge in [0.25, 0.3) is 0 Å². The standard InChI is InChI=1S/C18H25NO2/c1-6-21-13-7-8-16-14(10-13)15(11-19-16)17(20)9-12(2)18(3,4)5/h7-8,10-12,19H,6,9H2,1-5H3. The van der Waals surface area contributed by atoms with Gasteiger partial charge in [-0.2, -0.15) is 0 Å². The lowest BCUT2D eigenvalue weighted by Crippen LogP contribution is -2.20. The lowest BCUT2D eigenvalue weighted by atomic mass is 9.78. The van der Waals surface area contributed by atoms with E-state index in [2.05, 4.69) is 32.7 Å². The van der Waals surface area contributed by atoms with Crippen LogP contribution in [0.4, 0.5) is 0 Å². The second-order valence-electron chi connectivity index (χ2n) is 6.74. The van der Waals surface area contributed by atoms with Gasteiger partial charge in [0.1, 0.15) is 5.75 Å². The molecule has 1 aromatic carbocycles. The lowest BCUT2D eigenvalue weighted by molar-refractivity contribution is 0.0929. The molecule has 114 valence electrons. The van der Waals surface area contributed by atoms with E-state index >= 15 is 0 Å². The molecule has 0 saturated carbocycles. The molecule has 0 spiro atoms. The predicted molar refractivity (Wildman–Crippen MR) is 87.0 cm³/mol. The van der Waals surface area contributed by atoms with E-state index < -0.39 is 0 Å². The zero-order valence-electron chi connectivity index (χ0n) is 13.6. The maximum absolute atomic E-state index is 12.6. The van der Waals surface area contributed by atoms with Crippen molar-refractivity contribution in [2.75, 3.05) is 6.61 Å². The van der Waals surface area contributed by atoms with E-state index in [4.69, 9.17) is 4.74 Å². The van der Waals surface area contributed by atoms with Crippen LogP contribution in [0.15, 0.2) is 24.4 Å². The molecule has 0 saturated heterocycles. The van der Waals surface area contributed by atoms with Crippen LogP contribution in [-0.2, 0) is 0 Å². The molecule has 0 aliphatic carbocycles. The third-order valence-electron chi connectivity index (χ3n) is 4.23. The van der Waals surface area contributed by atoms with Crippen molar-refractivity contribution in [2.24, 2.45) is 11.3 Å². The molecule has 1 aromatic heterocycles. The highest BCUT2D eigenvalue weighted by atomic mass is 16.5. The summed E-state index contributed by atoms with van der Waals surface area (Å²) in [5.41, 5.74) is 1.88. The van der Waals surface area contributed by atoms with Crippen molar-refractivity contribution < 1.29 is 9.53 Å².